The van der Waals surface area contributed by atoms with Gasteiger partial charge in [-0.25, -0.2) is 0 Å². The Balaban J connectivity index is 3.11. The molecule has 1 aromatic carbocycles. The summed E-state index contributed by atoms with van der Waals surface area (Å²) in [5.41, 5.74) is 8.27. The molecular weight excluding hydrogens is 162 g/mol. The number of rotatable bonds is 3. The van der Waals surface area contributed by atoms with Gasteiger partial charge in [-0.2, -0.15) is 0 Å². The molecule has 2 nitrogen and oxygen atoms in total. The third-order valence-corrected chi connectivity index (χ3v) is 2.20. The topological polar surface area (TPSA) is 43.1 Å². The largest absolute Gasteiger partial charge is 0.324 e. The van der Waals surface area contributed by atoms with Crippen LogP contribution in [0.4, 0.5) is 0 Å². The van der Waals surface area contributed by atoms with E-state index in [2.05, 4.69) is 6.92 Å². The summed E-state index contributed by atoms with van der Waals surface area (Å²) in [4.78, 5) is 11.4. The van der Waals surface area contributed by atoms with Crippen LogP contribution in [-0.2, 0) is 6.42 Å². The van der Waals surface area contributed by atoms with E-state index in [-0.39, 0.29) is 12.3 Å². The van der Waals surface area contributed by atoms with Crippen molar-refractivity contribution in [2.24, 2.45) is 5.73 Å². The second-order valence-electron chi connectivity index (χ2n) is 3.13. The Morgan fingerprint density at radius 3 is 2.69 bits per heavy atom. The number of hydrogen-bond donors (Lipinski definition) is 1. The van der Waals surface area contributed by atoms with Gasteiger partial charge in [0.1, 0.15) is 0 Å². The predicted molar refractivity (Wildman–Crippen MR) is 53.9 cm³/mol. The number of aryl methyl sites for hydroxylation is 2. The number of hydrogen-bond acceptors (Lipinski definition) is 2. The van der Waals surface area contributed by atoms with E-state index in [4.69, 9.17) is 5.73 Å². The zero-order valence-electron chi connectivity index (χ0n) is 8.13. The van der Waals surface area contributed by atoms with E-state index in [0.29, 0.717) is 0 Å². The fourth-order valence-corrected chi connectivity index (χ4v) is 1.30. The van der Waals surface area contributed by atoms with Crippen molar-refractivity contribution in [2.45, 2.75) is 20.3 Å². The molecule has 1 rings (SSSR count). The lowest BCUT2D eigenvalue weighted by atomic mass is 10.0. The highest BCUT2D eigenvalue weighted by Crippen LogP contribution is 2.11. The van der Waals surface area contributed by atoms with E-state index in [1.807, 2.05) is 25.1 Å². The van der Waals surface area contributed by atoms with Crippen LogP contribution in [0.15, 0.2) is 18.2 Å². The molecule has 0 fully saturated rings. The normalized spacial score (nSPS) is 10.1. The monoisotopic (exact) mass is 177 g/mol. The second kappa shape index (κ2) is 4.19. The molecule has 0 aromatic heterocycles. The van der Waals surface area contributed by atoms with Crippen LogP contribution in [0.3, 0.4) is 0 Å². The molecule has 0 spiro atoms. The van der Waals surface area contributed by atoms with Crippen LogP contribution in [0.1, 0.15) is 28.4 Å². The van der Waals surface area contributed by atoms with Crippen molar-refractivity contribution in [3.63, 3.8) is 0 Å². The quantitative estimate of drug-likeness (QED) is 0.714. The minimum absolute atomic E-state index is 0.0211. The summed E-state index contributed by atoms with van der Waals surface area (Å²) in [6.07, 6.45) is 0.950. The van der Waals surface area contributed by atoms with Gasteiger partial charge in [-0.05, 0) is 30.5 Å². The van der Waals surface area contributed by atoms with Crippen LogP contribution < -0.4 is 5.73 Å². The van der Waals surface area contributed by atoms with Crippen LogP contribution in [-0.4, -0.2) is 12.3 Å². The maximum absolute atomic E-state index is 11.4. The number of carbonyl (C=O) groups excluding carboxylic acids is 1. The summed E-state index contributed by atoms with van der Waals surface area (Å²) in [7, 11) is 0. The molecule has 2 N–H and O–H groups in total. The Bertz CT molecular complexity index is 318. The Morgan fingerprint density at radius 1 is 1.46 bits per heavy atom. The third-order valence-electron chi connectivity index (χ3n) is 2.20. The van der Waals surface area contributed by atoms with Gasteiger partial charge in [-0.3, -0.25) is 4.79 Å². The van der Waals surface area contributed by atoms with Crippen molar-refractivity contribution in [3.8, 4) is 0 Å². The molecular formula is C11H15NO. The molecule has 0 radical (unpaired) electrons. The highest BCUT2D eigenvalue weighted by atomic mass is 16.1. The van der Waals surface area contributed by atoms with Crippen molar-refractivity contribution < 1.29 is 4.79 Å². The van der Waals surface area contributed by atoms with E-state index in [1.54, 1.807) is 0 Å². The standard InChI is InChI=1S/C11H15NO/c1-3-9-5-4-8(2)10(6-9)11(13)7-12/h4-6H,3,7,12H2,1-2H3. The lowest BCUT2D eigenvalue weighted by Gasteiger charge is -2.05. The Morgan fingerprint density at radius 2 is 2.15 bits per heavy atom. The number of nitrogens with two attached hydrogens (primary N) is 1. The zero-order chi connectivity index (χ0) is 9.84. The summed E-state index contributed by atoms with van der Waals surface area (Å²) >= 11 is 0. The fourth-order valence-electron chi connectivity index (χ4n) is 1.30. The number of benzene rings is 1. The number of ketones is 1. The number of carbonyl (C=O) groups is 1. The van der Waals surface area contributed by atoms with Crippen LogP contribution in [0.25, 0.3) is 0 Å². The Hall–Kier alpha value is -1.15. The first-order valence-corrected chi connectivity index (χ1v) is 4.51. The maximum Gasteiger partial charge on any atom is 0.176 e. The molecule has 0 aliphatic rings. The Labute approximate surface area is 78.8 Å². The lowest BCUT2D eigenvalue weighted by molar-refractivity contribution is 0.100. The average molecular weight is 177 g/mol. The molecule has 0 saturated carbocycles. The summed E-state index contributed by atoms with van der Waals surface area (Å²) in [6, 6.07) is 5.95. The van der Waals surface area contributed by atoms with Gasteiger partial charge in [0.2, 0.25) is 0 Å². The lowest BCUT2D eigenvalue weighted by Crippen LogP contribution is -2.15. The minimum Gasteiger partial charge on any atom is -0.324 e. The molecule has 0 aliphatic carbocycles. The first-order valence-electron chi connectivity index (χ1n) is 4.51. The van der Waals surface area contributed by atoms with Crippen molar-refractivity contribution in [3.05, 3.63) is 34.9 Å². The zero-order valence-corrected chi connectivity index (χ0v) is 8.13. The molecule has 70 valence electrons. The molecule has 0 heterocycles. The highest BCUT2D eigenvalue weighted by Gasteiger charge is 2.06. The third kappa shape index (κ3) is 2.16. The van der Waals surface area contributed by atoms with Gasteiger partial charge in [-0.15, -0.1) is 0 Å². The second-order valence-corrected chi connectivity index (χ2v) is 3.13. The van der Waals surface area contributed by atoms with Crippen molar-refractivity contribution in [2.75, 3.05) is 6.54 Å². The van der Waals surface area contributed by atoms with Crippen molar-refractivity contribution in [1.82, 2.24) is 0 Å². The summed E-state index contributed by atoms with van der Waals surface area (Å²) in [6.45, 7) is 4.09. The van der Waals surface area contributed by atoms with Crippen LogP contribution >= 0.6 is 0 Å². The SMILES string of the molecule is CCc1ccc(C)c(C(=O)CN)c1. The minimum atomic E-state index is 0.0211. The summed E-state index contributed by atoms with van der Waals surface area (Å²) < 4.78 is 0. The fraction of sp³-hybridized carbons (Fsp3) is 0.364. The highest BCUT2D eigenvalue weighted by molar-refractivity contribution is 5.98. The van der Waals surface area contributed by atoms with Gasteiger partial charge in [0.25, 0.3) is 0 Å². The first-order chi connectivity index (χ1) is 6.19. The first kappa shape index (κ1) is 9.93. The molecule has 1 aromatic rings. The Kier molecular flexibility index (Phi) is 3.20. The summed E-state index contributed by atoms with van der Waals surface area (Å²) in [5.74, 6) is 0.0211. The van der Waals surface area contributed by atoms with Gasteiger partial charge < -0.3 is 5.73 Å². The molecule has 0 unspecified atom stereocenters. The smallest absolute Gasteiger partial charge is 0.176 e. The molecule has 0 bridgehead atoms. The van der Waals surface area contributed by atoms with Gasteiger partial charge in [0.05, 0.1) is 6.54 Å². The molecule has 0 saturated heterocycles. The molecule has 13 heavy (non-hydrogen) atoms. The predicted octanol–water partition coefficient (Wildman–Crippen LogP) is 1.70. The molecule has 0 atom stereocenters. The van der Waals surface area contributed by atoms with E-state index >= 15 is 0 Å². The average Bonchev–Trinajstić information content (AvgIpc) is 2.17. The van der Waals surface area contributed by atoms with Crippen LogP contribution in [0, 0.1) is 6.92 Å². The molecule has 0 aliphatic heterocycles. The van der Waals surface area contributed by atoms with Crippen LogP contribution in [0.2, 0.25) is 0 Å². The van der Waals surface area contributed by atoms with Gasteiger partial charge in [0, 0.05) is 5.56 Å². The van der Waals surface area contributed by atoms with Gasteiger partial charge in [-0.1, -0.05) is 19.1 Å². The molecule has 2 heteroatoms. The van der Waals surface area contributed by atoms with E-state index in [1.165, 1.54) is 5.56 Å². The summed E-state index contributed by atoms with van der Waals surface area (Å²) in [5, 5.41) is 0. The van der Waals surface area contributed by atoms with E-state index < -0.39 is 0 Å². The maximum atomic E-state index is 11.4. The van der Waals surface area contributed by atoms with Crippen LogP contribution in [0.5, 0.6) is 0 Å². The number of Topliss-reactive ketones (excluding diaryl/α,β-unsaturated/α-hetero) is 1. The van der Waals surface area contributed by atoms with Crippen molar-refractivity contribution in [1.29, 1.82) is 0 Å². The molecule has 0 amide bonds. The van der Waals surface area contributed by atoms with Crippen molar-refractivity contribution >= 4 is 5.78 Å². The van der Waals surface area contributed by atoms with E-state index in [0.717, 1.165) is 17.5 Å². The van der Waals surface area contributed by atoms with E-state index in [9.17, 15) is 4.79 Å². The van der Waals surface area contributed by atoms with Gasteiger partial charge in [0.15, 0.2) is 5.78 Å². The van der Waals surface area contributed by atoms with Gasteiger partial charge >= 0.3 is 0 Å².